The molecular formula is C17H31IN4O. The van der Waals surface area contributed by atoms with Crippen LogP contribution in [0.5, 0.6) is 0 Å². The zero-order valence-corrected chi connectivity index (χ0v) is 16.8. The summed E-state index contributed by atoms with van der Waals surface area (Å²) in [4.78, 5) is 20.2. The third kappa shape index (κ3) is 5.65. The molecule has 1 amide bonds. The second-order valence-electron chi connectivity index (χ2n) is 6.83. The van der Waals surface area contributed by atoms with Gasteiger partial charge in [-0.05, 0) is 24.7 Å². The number of hydrogen-bond acceptors (Lipinski definition) is 2. The fourth-order valence-corrected chi connectivity index (χ4v) is 3.54. The van der Waals surface area contributed by atoms with Crippen LogP contribution in [0.4, 0.5) is 0 Å². The molecule has 0 aromatic rings. The smallest absolute Gasteiger partial charge is 0.243 e. The Kier molecular flexibility index (Phi) is 8.36. The quantitative estimate of drug-likeness (QED) is 0.320. The van der Waals surface area contributed by atoms with Crippen molar-refractivity contribution in [3.05, 3.63) is 12.7 Å². The summed E-state index contributed by atoms with van der Waals surface area (Å²) in [7, 11) is 3.53. The summed E-state index contributed by atoms with van der Waals surface area (Å²) in [5.41, 5.74) is 0.487. The number of carbonyl (C=O) groups is 1. The third-order valence-corrected chi connectivity index (χ3v) is 4.92. The molecule has 1 saturated carbocycles. The van der Waals surface area contributed by atoms with Crippen LogP contribution in [0.1, 0.15) is 38.5 Å². The first-order valence-electron chi connectivity index (χ1n) is 8.41. The first-order chi connectivity index (χ1) is 10.6. The topological polar surface area (TPSA) is 47.9 Å². The molecular weight excluding hydrogens is 403 g/mol. The maximum Gasteiger partial charge on any atom is 0.243 e. The Morgan fingerprint density at radius 3 is 2.61 bits per heavy atom. The van der Waals surface area contributed by atoms with Crippen molar-refractivity contribution in [1.82, 2.24) is 15.1 Å². The number of nitrogens with zero attached hydrogens (tertiary/aromatic N) is 3. The predicted molar refractivity (Wildman–Crippen MR) is 106 cm³/mol. The molecule has 0 aromatic carbocycles. The van der Waals surface area contributed by atoms with Crippen molar-refractivity contribution >= 4 is 35.8 Å². The Morgan fingerprint density at radius 1 is 1.30 bits per heavy atom. The second kappa shape index (κ2) is 9.49. The van der Waals surface area contributed by atoms with Gasteiger partial charge in [-0.2, -0.15) is 0 Å². The van der Waals surface area contributed by atoms with Gasteiger partial charge < -0.3 is 15.1 Å². The number of aliphatic imine (C=N–C) groups is 1. The lowest BCUT2D eigenvalue weighted by Gasteiger charge is -2.33. The Morgan fingerprint density at radius 2 is 2.00 bits per heavy atom. The van der Waals surface area contributed by atoms with Gasteiger partial charge >= 0.3 is 0 Å². The third-order valence-electron chi connectivity index (χ3n) is 4.92. The Labute approximate surface area is 157 Å². The number of amides is 1. The molecule has 1 N–H and O–H groups in total. The van der Waals surface area contributed by atoms with Crippen molar-refractivity contribution in [2.75, 3.05) is 40.3 Å². The van der Waals surface area contributed by atoms with Gasteiger partial charge in [0, 0.05) is 33.7 Å². The number of likely N-dealkylation sites (N-methyl/N-ethyl adjacent to an activating group) is 1. The largest absolute Gasteiger partial charge is 0.353 e. The molecule has 0 bridgehead atoms. The van der Waals surface area contributed by atoms with Crippen molar-refractivity contribution in [3.8, 4) is 0 Å². The molecule has 0 atom stereocenters. The maximum absolute atomic E-state index is 11.8. The van der Waals surface area contributed by atoms with Crippen LogP contribution in [0.3, 0.4) is 0 Å². The summed E-state index contributed by atoms with van der Waals surface area (Å²) in [6.07, 6.45) is 9.87. The van der Waals surface area contributed by atoms with E-state index in [4.69, 9.17) is 0 Å². The molecule has 0 unspecified atom stereocenters. The zero-order valence-electron chi connectivity index (χ0n) is 14.5. The number of guanidine groups is 1. The Hall–Kier alpha value is -0.790. The van der Waals surface area contributed by atoms with Gasteiger partial charge in [-0.1, -0.05) is 25.3 Å². The van der Waals surface area contributed by atoms with Crippen molar-refractivity contribution in [2.45, 2.75) is 38.5 Å². The van der Waals surface area contributed by atoms with E-state index in [-0.39, 0.29) is 36.4 Å². The highest BCUT2D eigenvalue weighted by atomic mass is 127. The Balaban J connectivity index is 0.00000264. The predicted octanol–water partition coefficient (Wildman–Crippen LogP) is 2.48. The van der Waals surface area contributed by atoms with E-state index in [0.717, 1.165) is 19.0 Å². The molecule has 2 rings (SSSR count). The van der Waals surface area contributed by atoms with Gasteiger partial charge in [-0.25, -0.2) is 4.99 Å². The average molecular weight is 434 g/mol. The maximum atomic E-state index is 11.8. The number of likely N-dealkylation sites (tertiary alicyclic amines) is 1. The highest BCUT2D eigenvalue weighted by Crippen LogP contribution is 2.43. The molecule has 0 radical (unpaired) electrons. The lowest BCUT2D eigenvalue weighted by molar-refractivity contribution is -0.127. The molecule has 2 aliphatic rings. The van der Waals surface area contributed by atoms with Gasteiger partial charge in [0.1, 0.15) is 6.54 Å². The molecule has 1 heterocycles. The summed E-state index contributed by atoms with van der Waals surface area (Å²) >= 11 is 0. The van der Waals surface area contributed by atoms with E-state index in [2.05, 4.69) is 21.8 Å². The summed E-state index contributed by atoms with van der Waals surface area (Å²) in [5.74, 6) is 0.891. The van der Waals surface area contributed by atoms with Crippen LogP contribution in [0.2, 0.25) is 0 Å². The van der Waals surface area contributed by atoms with Crippen LogP contribution in [0.25, 0.3) is 0 Å². The van der Waals surface area contributed by atoms with Crippen molar-refractivity contribution < 1.29 is 4.79 Å². The van der Waals surface area contributed by atoms with E-state index >= 15 is 0 Å². The standard InChI is InChI=1S/C17H30N4O.HI/c1-4-11-18-16(19-13-15(22)20(2)3)21-12-10-17(14-21)8-6-5-7-9-17;/h4H,1,5-14H2,2-3H3,(H,18,19);1H. The highest BCUT2D eigenvalue weighted by molar-refractivity contribution is 14.0. The van der Waals surface area contributed by atoms with Gasteiger partial charge in [0.15, 0.2) is 5.96 Å². The zero-order chi connectivity index (χ0) is 16.0. The van der Waals surface area contributed by atoms with Crippen molar-refractivity contribution in [3.63, 3.8) is 0 Å². The van der Waals surface area contributed by atoms with Crippen molar-refractivity contribution in [1.29, 1.82) is 0 Å². The summed E-state index contributed by atoms with van der Waals surface area (Å²) in [6.45, 7) is 6.75. The van der Waals surface area contributed by atoms with Gasteiger partial charge in [0.05, 0.1) is 0 Å². The van der Waals surface area contributed by atoms with E-state index in [0.29, 0.717) is 12.0 Å². The van der Waals surface area contributed by atoms with Crippen LogP contribution in [0.15, 0.2) is 17.6 Å². The summed E-state index contributed by atoms with van der Waals surface area (Å²) < 4.78 is 0. The molecule has 23 heavy (non-hydrogen) atoms. The van der Waals surface area contributed by atoms with E-state index in [9.17, 15) is 4.79 Å². The second-order valence-corrected chi connectivity index (χ2v) is 6.83. The molecule has 5 nitrogen and oxygen atoms in total. The number of halogens is 1. The molecule has 2 fully saturated rings. The number of carbonyl (C=O) groups excluding carboxylic acids is 1. The molecule has 0 aromatic heterocycles. The molecule has 6 heteroatoms. The molecule has 1 spiro atoms. The SMILES string of the molecule is C=CCNC(=NCC(=O)N(C)C)N1CCC2(CCCCC2)C1.I. The Bertz CT molecular complexity index is 430. The average Bonchev–Trinajstić information content (AvgIpc) is 2.91. The lowest BCUT2D eigenvalue weighted by atomic mass is 9.73. The van der Waals surface area contributed by atoms with Crippen LogP contribution < -0.4 is 5.32 Å². The number of hydrogen-bond donors (Lipinski definition) is 1. The van der Waals surface area contributed by atoms with Gasteiger partial charge in [-0.15, -0.1) is 30.6 Å². The normalized spacial score (nSPS) is 20.1. The van der Waals surface area contributed by atoms with E-state index in [1.54, 1.807) is 19.0 Å². The molecule has 132 valence electrons. The minimum atomic E-state index is 0. The fourth-order valence-electron chi connectivity index (χ4n) is 3.54. The molecule has 1 aliphatic carbocycles. The fraction of sp³-hybridized carbons (Fsp3) is 0.765. The van der Waals surface area contributed by atoms with E-state index in [1.165, 1.54) is 38.5 Å². The number of nitrogens with one attached hydrogen (secondary N) is 1. The summed E-state index contributed by atoms with van der Waals surface area (Å²) in [5, 5.41) is 3.31. The van der Waals surface area contributed by atoms with Gasteiger partial charge in [0.2, 0.25) is 5.91 Å². The van der Waals surface area contributed by atoms with E-state index in [1.807, 2.05) is 6.08 Å². The minimum absolute atomic E-state index is 0. The lowest BCUT2D eigenvalue weighted by Crippen LogP contribution is -2.42. The number of rotatable bonds is 4. The van der Waals surface area contributed by atoms with Gasteiger partial charge in [-0.3, -0.25) is 4.79 Å². The van der Waals surface area contributed by atoms with E-state index < -0.39 is 0 Å². The minimum Gasteiger partial charge on any atom is -0.353 e. The first-order valence-corrected chi connectivity index (χ1v) is 8.41. The molecule has 1 saturated heterocycles. The monoisotopic (exact) mass is 434 g/mol. The van der Waals surface area contributed by atoms with Crippen LogP contribution >= 0.6 is 24.0 Å². The first kappa shape index (κ1) is 20.3. The van der Waals surface area contributed by atoms with Gasteiger partial charge in [0.25, 0.3) is 0 Å². The highest BCUT2D eigenvalue weighted by Gasteiger charge is 2.39. The van der Waals surface area contributed by atoms with Crippen LogP contribution in [-0.4, -0.2) is 61.9 Å². The van der Waals surface area contributed by atoms with Crippen LogP contribution in [0, 0.1) is 5.41 Å². The van der Waals surface area contributed by atoms with Crippen LogP contribution in [-0.2, 0) is 4.79 Å². The summed E-state index contributed by atoms with van der Waals surface area (Å²) in [6, 6.07) is 0. The van der Waals surface area contributed by atoms with Crippen molar-refractivity contribution in [2.24, 2.45) is 10.4 Å². The molecule has 1 aliphatic heterocycles.